The van der Waals surface area contributed by atoms with Gasteiger partial charge in [0.2, 0.25) is 5.91 Å². The van der Waals surface area contributed by atoms with Crippen LogP contribution in [0.15, 0.2) is 23.1 Å². The highest BCUT2D eigenvalue weighted by molar-refractivity contribution is 5.73. The van der Waals surface area contributed by atoms with E-state index in [0.717, 1.165) is 6.07 Å². The zero-order valence-corrected chi connectivity index (χ0v) is 9.47. The van der Waals surface area contributed by atoms with E-state index in [2.05, 4.69) is 5.32 Å². The fraction of sp³-hybridized carbons (Fsp3) is 0.273. The molecule has 0 aliphatic rings. The summed E-state index contributed by atoms with van der Waals surface area (Å²) in [6.45, 7) is 1.45. The van der Waals surface area contributed by atoms with E-state index in [-0.39, 0.29) is 18.0 Å². The number of alkyl halides is 3. The molecular formula is C11H11F3N2O2. The quantitative estimate of drug-likeness (QED) is 0.866. The van der Waals surface area contributed by atoms with Gasteiger partial charge in [-0.15, -0.1) is 0 Å². The van der Waals surface area contributed by atoms with E-state index in [0.29, 0.717) is 6.20 Å². The number of rotatable bonds is 3. The fourth-order valence-corrected chi connectivity index (χ4v) is 1.18. The first-order valence-electron chi connectivity index (χ1n) is 5.01. The van der Waals surface area contributed by atoms with Crippen LogP contribution in [0.25, 0.3) is 6.08 Å². The third kappa shape index (κ3) is 4.08. The SMILES string of the molecule is CC(=O)NCC=Cc1cc(C(F)(F)F)c[nH]c1=O. The maximum absolute atomic E-state index is 12.4. The minimum atomic E-state index is -4.51. The number of H-pyrrole nitrogens is 1. The fourth-order valence-electron chi connectivity index (χ4n) is 1.18. The van der Waals surface area contributed by atoms with Crippen molar-refractivity contribution in [1.82, 2.24) is 10.3 Å². The number of nitrogens with one attached hydrogen (secondary N) is 2. The number of hydrogen-bond donors (Lipinski definition) is 2. The zero-order chi connectivity index (χ0) is 13.8. The smallest absolute Gasteiger partial charge is 0.353 e. The third-order valence-corrected chi connectivity index (χ3v) is 2.03. The molecule has 0 atom stereocenters. The van der Waals surface area contributed by atoms with Gasteiger partial charge in [0.05, 0.1) is 5.56 Å². The average molecular weight is 260 g/mol. The Balaban J connectivity index is 2.88. The minimum absolute atomic E-state index is 0.116. The molecule has 1 aromatic rings. The molecule has 0 radical (unpaired) electrons. The van der Waals surface area contributed by atoms with Crippen molar-refractivity contribution < 1.29 is 18.0 Å². The molecule has 1 amide bonds. The number of aromatic nitrogens is 1. The summed E-state index contributed by atoms with van der Waals surface area (Å²) in [6, 6.07) is 0.753. The molecule has 0 aliphatic heterocycles. The van der Waals surface area contributed by atoms with Crippen molar-refractivity contribution in [3.63, 3.8) is 0 Å². The Morgan fingerprint density at radius 1 is 1.50 bits per heavy atom. The van der Waals surface area contributed by atoms with Crippen LogP contribution >= 0.6 is 0 Å². The number of carbonyl (C=O) groups is 1. The van der Waals surface area contributed by atoms with E-state index in [1.54, 1.807) is 0 Å². The molecule has 1 heterocycles. The van der Waals surface area contributed by atoms with Crippen LogP contribution in [0.3, 0.4) is 0 Å². The highest BCUT2D eigenvalue weighted by Crippen LogP contribution is 2.28. The van der Waals surface area contributed by atoms with Crippen molar-refractivity contribution in [2.45, 2.75) is 13.1 Å². The lowest BCUT2D eigenvalue weighted by Crippen LogP contribution is -2.19. The summed E-state index contributed by atoms with van der Waals surface area (Å²) in [7, 11) is 0. The molecule has 7 heteroatoms. The molecule has 0 aliphatic carbocycles. The van der Waals surface area contributed by atoms with Crippen LogP contribution in [-0.2, 0) is 11.0 Å². The van der Waals surface area contributed by atoms with Crippen LogP contribution in [0.5, 0.6) is 0 Å². The van der Waals surface area contributed by atoms with Crippen molar-refractivity contribution in [1.29, 1.82) is 0 Å². The van der Waals surface area contributed by atoms with Gasteiger partial charge < -0.3 is 10.3 Å². The molecule has 98 valence electrons. The molecule has 4 nitrogen and oxygen atoms in total. The van der Waals surface area contributed by atoms with Crippen molar-refractivity contribution in [3.05, 3.63) is 39.8 Å². The molecule has 0 bridgehead atoms. The molecule has 0 spiro atoms. The zero-order valence-electron chi connectivity index (χ0n) is 9.47. The maximum atomic E-state index is 12.4. The first kappa shape index (κ1) is 14.0. The summed E-state index contributed by atoms with van der Waals surface area (Å²) in [4.78, 5) is 23.8. The number of amides is 1. The molecule has 18 heavy (non-hydrogen) atoms. The van der Waals surface area contributed by atoms with Crippen LogP contribution in [0.4, 0.5) is 13.2 Å². The number of aromatic amines is 1. The van der Waals surface area contributed by atoms with Crippen LogP contribution < -0.4 is 10.9 Å². The van der Waals surface area contributed by atoms with Gasteiger partial charge in [-0.2, -0.15) is 13.2 Å². The van der Waals surface area contributed by atoms with Gasteiger partial charge in [-0.05, 0) is 6.07 Å². The predicted molar refractivity (Wildman–Crippen MR) is 59.8 cm³/mol. The van der Waals surface area contributed by atoms with E-state index >= 15 is 0 Å². The van der Waals surface area contributed by atoms with Gasteiger partial charge in [-0.25, -0.2) is 0 Å². The largest absolute Gasteiger partial charge is 0.417 e. The summed E-state index contributed by atoms with van der Waals surface area (Å²) < 4.78 is 37.2. The summed E-state index contributed by atoms with van der Waals surface area (Å²) in [5.41, 5.74) is -1.67. The second-order valence-electron chi connectivity index (χ2n) is 3.51. The van der Waals surface area contributed by atoms with Crippen LogP contribution in [-0.4, -0.2) is 17.4 Å². The first-order valence-corrected chi connectivity index (χ1v) is 5.01. The Bertz CT molecular complexity index is 518. The van der Waals surface area contributed by atoms with E-state index < -0.39 is 17.3 Å². The van der Waals surface area contributed by atoms with Gasteiger partial charge >= 0.3 is 6.18 Å². The minimum Gasteiger partial charge on any atom is -0.353 e. The first-order chi connectivity index (χ1) is 8.30. The number of halogens is 3. The van der Waals surface area contributed by atoms with Crippen LogP contribution in [0, 0.1) is 0 Å². The van der Waals surface area contributed by atoms with Gasteiger partial charge in [-0.1, -0.05) is 12.2 Å². The number of pyridine rings is 1. The Kier molecular flexibility index (Phi) is 4.30. The van der Waals surface area contributed by atoms with E-state index in [9.17, 15) is 22.8 Å². The van der Waals surface area contributed by atoms with Crippen molar-refractivity contribution in [2.75, 3.05) is 6.54 Å². The summed E-state index contributed by atoms with van der Waals surface area (Å²) in [5, 5.41) is 2.42. The Labute approximate surface area is 101 Å². The average Bonchev–Trinajstić information content (AvgIpc) is 2.24. The van der Waals surface area contributed by atoms with E-state index in [1.165, 1.54) is 19.1 Å². The Hall–Kier alpha value is -2.05. The molecular weight excluding hydrogens is 249 g/mol. The van der Waals surface area contributed by atoms with Crippen LogP contribution in [0.1, 0.15) is 18.1 Å². The van der Waals surface area contributed by atoms with Crippen LogP contribution in [0.2, 0.25) is 0 Å². The van der Waals surface area contributed by atoms with Crippen molar-refractivity contribution >= 4 is 12.0 Å². The monoisotopic (exact) mass is 260 g/mol. The second-order valence-corrected chi connectivity index (χ2v) is 3.51. The number of hydrogen-bond acceptors (Lipinski definition) is 2. The lowest BCUT2D eigenvalue weighted by molar-refractivity contribution is -0.137. The molecule has 1 rings (SSSR count). The standard InChI is InChI=1S/C11H11F3N2O2/c1-7(17)15-4-2-3-8-5-9(11(12,13)14)6-16-10(8)18/h2-3,5-6H,4H2,1H3,(H,15,17)(H,16,18). The number of carbonyl (C=O) groups excluding carboxylic acids is 1. The normalized spacial score (nSPS) is 11.8. The van der Waals surface area contributed by atoms with Gasteiger partial charge in [-0.3, -0.25) is 9.59 Å². The molecule has 0 fully saturated rings. The Morgan fingerprint density at radius 2 is 2.17 bits per heavy atom. The molecule has 0 unspecified atom stereocenters. The highest BCUT2D eigenvalue weighted by Gasteiger charge is 2.31. The van der Waals surface area contributed by atoms with Gasteiger partial charge in [0.15, 0.2) is 0 Å². The van der Waals surface area contributed by atoms with Gasteiger partial charge in [0.1, 0.15) is 0 Å². The molecule has 0 aromatic carbocycles. The molecule has 0 saturated heterocycles. The van der Waals surface area contributed by atoms with Gasteiger partial charge in [0, 0.05) is 25.2 Å². The lowest BCUT2D eigenvalue weighted by atomic mass is 10.2. The second kappa shape index (κ2) is 5.52. The maximum Gasteiger partial charge on any atom is 0.417 e. The Morgan fingerprint density at radius 3 is 2.72 bits per heavy atom. The highest BCUT2D eigenvalue weighted by atomic mass is 19.4. The van der Waals surface area contributed by atoms with Gasteiger partial charge in [0.25, 0.3) is 5.56 Å². The third-order valence-electron chi connectivity index (χ3n) is 2.03. The lowest BCUT2D eigenvalue weighted by Gasteiger charge is -2.06. The van der Waals surface area contributed by atoms with E-state index in [1.807, 2.05) is 4.98 Å². The van der Waals surface area contributed by atoms with Crippen molar-refractivity contribution in [3.8, 4) is 0 Å². The van der Waals surface area contributed by atoms with E-state index in [4.69, 9.17) is 0 Å². The summed E-state index contributed by atoms with van der Waals surface area (Å²) in [6.07, 6.45) is -1.27. The summed E-state index contributed by atoms with van der Waals surface area (Å²) in [5.74, 6) is -0.266. The topological polar surface area (TPSA) is 62.0 Å². The predicted octanol–water partition coefficient (Wildman–Crippen LogP) is 1.54. The molecule has 0 saturated carbocycles. The van der Waals surface area contributed by atoms with Crippen molar-refractivity contribution in [2.24, 2.45) is 0 Å². The molecule has 2 N–H and O–H groups in total. The molecule has 1 aromatic heterocycles. The summed E-state index contributed by atoms with van der Waals surface area (Å²) >= 11 is 0.